The zero-order valence-electron chi connectivity index (χ0n) is 14.8. The van der Waals surface area contributed by atoms with E-state index in [1.54, 1.807) is 4.68 Å². The topological polar surface area (TPSA) is 77.6 Å². The summed E-state index contributed by atoms with van der Waals surface area (Å²) in [6.07, 6.45) is 3.45. The highest BCUT2D eigenvalue weighted by atomic mass is 16.1. The number of anilines is 1. The molecule has 0 fully saturated rings. The van der Waals surface area contributed by atoms with Crippen LogP contribution in [0.1, 0.15) is 21.6 Å². The van der Waals surface area contributed by atoms with Crippen molar-refractivity contribution in [2.75, 3.05) is 5.32 Å². The SMILES string of the molecule is Cc1cc(NC(=O)c2cccn2Cc2ccccc2)ccc1-n1cnnn1. The molecular weight excluding hydrogens is 340 g/mol. The maximum Gasteiger partial charge on any atom is 0.272 e. The number of carbonyl (C=O) groups excluding carboxylic acids is 1. The number of rotatable bonds is 5. The maximum absolute atomic E-state index is 12.7. The number of amides is 1. The third kappa shape index (κ3) is 3.62. The molecule has 0 unspecified atom stereocenters. The van der Waals surface area contributed by atoms with Gasteiger partial charge in [0.1, 0.15) is 12.0 Å². The van der Waals surface area contributed by atoms with E-state index in [-0.39, 0.29) is 5.91 Å². The summed E-state index contributed by atoms with van der Waals surface area (Å²) in [5, 5.41) is 14.2. The number of carbonyl (C=O) groups is 1. The summed E-state index contributed by atoms with van der Waals surface area (Å²) in [6.45, 7) is 2.60. The Morgan fingerprint density at radius 3 is 2.67 bits per heavy atom. The van der Waals surface area contributed by atoms with Crippen molar-refractivity contribution in [2.45, 2.75) is 13.5 Å². The lowest BCUT2D eigenvalue weighted by atomic mass is 10.1. The molecule has 2 aromatic heterocycles. The number of nitrogens with one attached hydrogen (secondary N) is 1. The average molecular weight is 358 g/mol. The number of hydrogen-bond acceptors (Lipinski definition) is 4. The van der Waals surface area contributed by atoms with Gasteiger partial charge >= 0.3 is 0 Å². The zero-order valence-corrected chi connectivity index (χ0v) is 14.8. The fraction of sp³-hybridized carbons (Fsp3) is 0.100. The van der Waals surface area contributed by atoms with E-state index in [1.165, 1.54) is 6.33 Å². The Bertz CT molecular complexity index is 1050. The van der Waals surface area contributed by atoms with Gasteiger partial charge in [0.05, 0.1) is 5.69 Å². The molecule has 7 heteroatoms. The van der Waals surface area contributed by atoms with Crippen LogP contribution in [0.2, 0.25) is 0 Å². The molecule has 0 saturated heterocycles. The second-order valence-corrected chi connectivity index (χ2v) is 6.22. The summed E-state index contributed by atoms with van der Waals surface area (Å²) in [6, 6.07) is 19.4. The smallest absolute Gasteiger partial charge is 0.272 e. The zero-order chi connectivity index (χ0) is 18.6. The van der Waals surface area contributed by atoms with Gasteiger partial charge in [-0.2, -0.15) is 0 Å². The van der Waals surface area contributed by atoms with Crippen LogP contribution in [0.3, 0.4) is 0 Å². The van der Waals surface area contributed by atoms with Crippen molar-refractivity contribution >= 4 is 11.6 Å². The van der Waals surface area contributed by atoms with E-state index in [0.29, 0.717) is 12.2 Å². The molecular formula is C20H18N6O. The predicted molar refractivity (Wildman–Crippen MR) is 102 cm³/mol. The third-order valence-electron chi connectivity index (χ3n) is 4.31. The molecule has 0 radical (unpaired) electrons. The van der Waals surface area contributed by atoms with Crippen molar-refractivity contribution < 1.29 is 4.79 Å². The van der Waals surface area contributed by atoms with Gasteiger partial charge in [0.25, 0.3) is 5.91 Å². The van der Waals surface area contributed by atoms with E-state index in [0.717, 1.165) is 22.5 Å². The summed E-state index contributed by atoms with van der Waals surface area (Å²) in [4.78, 5) is 12.7. The van der Waals surface area contributed by atoms with Crippen molar-refractivity contribution in [3.63, 3.8) is 0 Å². The van der Waals surface area contributed by atoms with Crippen molar-refractivity contribution in [1.82, 2.24) is 24.8 Å². The Kier molecular flexibility index (Phi) is 4.49. The molecule has 0 spiro atoms. The second kappa shape index (κ2) is 7.25. The van der Waals surface area contributed by atoms with Gasteiger partial charge in [-0.15, -0.1) is 5.10 Å². The van der Waals surface area contributed by atoms with E-state index in [2.05, 4.69) is 20.8 Å². The van der Waals surface area contributed by atoms with E-state index in [1.807, 2.05) is 78.4 Å². The predicted octanol–water partition coefficient (Wildman–Crippen LogP) is 3.07. The lowest BCUT2D eigenvalue weighted by Crippen LogP contribution is -2.17. The Labute approximate surface area is 156 Å². The molecule has 0 aliphatic rings. The lowest BCUT2D eigenvalue weighted by molar-refractivity contribution is 0.101. The Morgan fingerprint density at radius 2 is 1.93 bits per heavy atom. The highest BCUT2D eigenvalue weighted by Gasteiger charge is 2.12. The molecule has 2 heterocycles. The largest absolute Gasteiger partial charge is 0.339 e. The Morgan fingerprint density at radius 1 is 1.07 bits per heavy atom. The van der Waals surface area contributed by atoms with Crippen molar-refractivity contribution in [3.05, 3.63) is 90.0 Å². The van der Waals surface area contributed by atoms with E-state index >= 15 is 0 Å². The molecule has 1 N–H and O–H groups in total. The molecule has 0 saturated carbocycles. The molecule has 1 amide bonds. The third-order valence-corrected chi connectivity index (χ3v) is 4.31. The van der Waals surface area contributed by atoms with Crippen LogP contribution in [0.25, 0.3) is 5.69 Å². The monoisotopic (exact) mass is 358 g/mol. The quantitative estimate of drug-likeness (QED) is 0.595. The number of aromatic nitrogens is 5. The van der Waals surface area contributed by atoms with Crippen molar-refractivity contribution in [3.8, 4) is 5.69 Å². The molecule has 0 aliphatic carbocycles. The van der Waals surface area contributed by atoms with Gasteiger partial charge in [-0.3, -0.25) is 4.79 Å². The summed E-state index contributed by atoms with van der Waals surface area (Å²) in [5.74, 6) is -0.148. The normalized spacial score (nSPS) is 10.7. The molecule has 7 nitrogen and oxygen atoms in total. The number of nitrogens with zero attached hydrogens (tertiary/aromatic N) is 5. The van der Waals surface area contributed by atoms with E-state index in [4.69, 9.17) is 0 Å². The van der Waals surface area contributed by atoms with E-state index < -0.39 is 0 Å². The summed E-state index contributed by atoms with van der Waals surface area (Å²) < 4.78 is 3.53. The van der Waals surface area contributed by atoms with Crippen LogP contribution >= 0.6 is 0 Å². The first-order chi connectivity index (χ1) is 13.2. The molecule has 4 aromatic rings. The fourth-order valence-corrected chi connectivity index (χ4v) is 3.00. The van der Waals surface area contributed by atoms with Crippen LogP contribution in [-0.4, -0.2) is 30.7 Å². The first kappa shape index (κ1) is 16.7. The van der Waals surface area contributed by atoms with Gasteiger partial charge in [-0.25, -0.2) is 4.68 Å². The molecule has 4 rings (SSSR count). The minimum atomic E-state index is -0.148. The minimum Gasteiger partial charge on any atom is -0.339 e. The van der Waals surface area contributed by atoms with Gasteiger partial charge in [0.15, 0.2) is 0 Å². The molecule has 2 aromatic carbocycles. The molecule has 27 heavy (non-hydrogen) atoms. The molecule has 134 valence electrons. The number of hydrogen-bond donors (Lipinski definition) is 1. The van der Waals surface area contributed by atoms with Crippen LogP contribution in [0.5, 0.6) is 0 Å². The van der Waals surface area contributed by atoms with Crippen molar-refractivity contribution in [1.29, 1.82) is 0 Å². The van der Waals surface area contributed by atoms with Crippen LogP contribution in [0.15, 0.2) is 73.2 Å². The van der Waals surface area contributed by atoms with E-state index in [9.17, 15) is 4.79 Å². The average Bonchev–Trinajstić information content (AvgIpc) is 3.35. The van der Waals surface area contributed by atoms with Gasteiger partial charge in [0.2, 0.25) is 0 Å². The van der Waals surface area contributed by atoms with Gasteiger partial charge in [-0.05, 0) is 58.8 Å². The number of aryl methyl sites for hydroxylation is 1. The summed E-state index contributed by atoms with van der Waals surface area (Å²) >= 11 is 0. The first-order valence-corrected chi connectivity index (χ1v) is 8.55. The van der Waals surface area contributed by atoms with Crippen LogP contribution in [0, 0.1) is 6.92 Å². The Hall–Kier alpha value is -3.74. The van der Waals surface area contributed by atoms with Crippen LogP contribution < -0.4 is 5.32 Å². The molecule has 0 atom stereocenters. The summed E-state index contributed by atoms with van der Waals surface area (Å²) in [7, 11) is 0. The summed E-state index contributed by atoms with van der Waals surface area (Å²) in [5.41, 5.74) is 4.30. The standard InChI is InChI=1S/C20H18N6O/c1-15-12-17(9-10-18(15)26-14-21-23-24-26)22-20(27)19-8-5-11-25(19)13-16-6-3-2-4-7-16/h2-12,14H,13H2,1H3,(H,22,27). The first-order valence-electron chi connectivity index (χ1n) is 8.55. The lowest BCUT2D eigenvalue weighted by Gasteiger charge is -2.11. The highest BCUT2D eigenvalue weighted by molar-refractivity contribution is 6.03. The second-order valence-electron chi connectivity index (χ2n) is 6.22. The number of benzene rings is 2. The van der Waals surface area contributed by atoms with Crippen molar-refractivity contribution in [2.24, 2.45) is 0 Å². The van der Waals surface area contributed by atoms with Crippen LogP contribution in [-0.2, 0) is 6.54 Å². The van der Waals surface area contributed by atoms with Gasteiger partial charge < -0.3 is 9.88 Å². The van der Waals surface area contributed by atoms with Gasteiger partial charge in [0, 0.05) is 18.4 Å². The molecule has 0 bridgehead atoms. The fourth-order valence-electron chi connectivity index (χ4n) is 3.00. The van der Waals surface area contributed by atoms with Gasteiger partial charge in [-0.1, -0.05) is 30.3 Å². The number of tetrazole rings is 1. The Balaban J connectivity index is 1.52. The van der Waals surface area contributed by atoms with Crippen LogP contribution in [0.4, 0.5) is 5.69 Å². The maximum atomic E-state index is 12.7. The highest BCUT2D eigenvalue weighted by Crippen LogP contribution is 2.19. The minimum absolute atomic E-state index is 0.148. The molecule has 0 aliphatic heterocycles.